The standard InChI is InChI=1S/C23H26Cl2N2O/c1-3-5-11-26-22(28)13-18(16-9-10-20(24)21(25)12-16)19-14-27-23-15(4-2)7-6-8-17(19)23/h6-10,12,14,18,27H,3-5,11,13H2,1-2H3,(H,26,28)/t18-/m0/s1. The molecule has 0 saturated carbocycles. The lowest BCUT2D eigenvalue weighted by atomic mass is 9.87. The molecule has 2 N–H and O–H groups in total. The lowest BCUT2D eigenvalue weighted by molar-refractivity contribution is -0.121. The minimum absolute atomic E-state index is 0.0468. The molecule has 0 aliphatic heterocycles. The quantitative estimate of drug-likeness (QED) is 0.405. The van der Waals surface area contributed by atoms with Gasteiger partial charge in [-0.05, 0) is 41.7 Å². The van der Waals surface area contributed by atoms with Gasteiger partial charge in [0.05, 0.1) is 10.0 Å². The van der Waals surface area contributed by atoms with Crippen LogP contribution in [-0.4, -0.2) is 17.4 Å². The van der Waals surface area contributed by atoms with Gasteiger partial charge in [-0.2, -0.15) is 0 Å². The minimum Gasteiger partial charge on any atom is -0.361 e. The first kappa shape index (κ1) is 20.8. The molecule has 0 radical (unpaired) electrons. The van der Waals surface area contributed by atoms with Crippen molar-refractivity contribution >= 4 is 40.0 Å². The first-order chi connectivity index (χ1) is 13.5. The third-order valence-corrected chi connectivity index (χ3v) is 5.92. The fraction of sp³-hybridized carbons (Fsp3) is 0.348. The van der Waals surface area contributed by atoms with Crippen LogP contribution in [0.2, 0.25) is 10.0 Å². The number of unbranched alkanes of at least 4 members (excludes halogenated alkanes) is 1. The van der Waals surface area contributed by atoms with Gasteiger partial charge in [0.15, 0.2) is 0 Å². The third kappa shape index (κ3) is 4.53. The molecule has 3 rings (SSSR count). The Hall–Kier alpha value is -1.97. The van der Waals surface area contributed by atoms with Gasteiger partial charge in [0.1, 0.15) is 0 Å². The van der Waals surface area contributed by atoms with Crippen LogP contribution in [0.4, 0.5) is 0 Å². The minimum atomic E-state index is -0.0998. The van der Waals surface area contributed by atoms with Gasteiger partial charge < -0.3 is 10.3 Å². The Morgan fingerprint density at radius 1 is 1.14 bits per heavy atom. The van der Waals surface area contributed by atoms with Crippen LogP contribution in [-0.2, 0) is 11.2 Å². The van der Waals surface area contributed by atoms with E-state index in [2.05, 4.69) is 42.3 Å². The second-order valence-corrected chi connectivity index (χ2v) is 7.89. The number of carbonyl (C=O) groups excluding carboxylic acids is 1. The Labute approximate surface area is 176 Å². The molecular weight excluding hydrogens is 391 g/mol. The summed E-state index contributed by atoms with van der Waals surface area (Å²) >= 11 is 12.4. The van der Waals surface area contributed by atoms with Crippen molar-refractivity contribution in [2.24, 2.45) is 0 Å². The molecule has 3 nitrogen and oxygen atoms in total. The molecule has 0 fully saturated rings. The van der Waals surface area contributed by atoms with Gasteiger partial charge in [0.25, 0.3) is 0 Å². The second kappa shape index (κ2) is 9.49. The molecule has 0 unspecified atom stereocenters. The summed E-state index contributed by atoms with van der Waals surface area (Å²) in [6.07, 6.45) is 5.38. The van der Waals surface area contributed by atoms with E-state index in [4.69, 9.17) is 23.2 Å². The van der Waals surface area contributed by atoms with E-state index >= 15 is 0 Å². The maximum Gasteiger partial charge on any atom is 0.220 e. The van der Waals surface area contributed by atoms with E-state index in [0.29, 0.717) is 23.0 Å². The number of rotatable bonds is 8. The first-order valence-corrected chi connectivity index (χ1v) is 10.6. The lowest BCUT2D eigenvalue weighted by Crippen LogP contribution is -2.26. The van der Waals surface area contributed by atoms with Gasteiger partial charge in [-0.25, -0.2) is 0 Å². The first-order valence-electron chi connectivity index (χ1n) is 9.85. The zero-order valence-electron chi connectivity index (χ0n) is 16.3. The van der Waals surface area contributed by atoms with E-state index in [1.807, 2.05) is 18.3 Å². The van der Waals surface area contributed by atoms with Crippen LogP contribution in [0, 0.1) is 0 Å². The number of hydrogen-bond acceptors (Lipinski definition) is 1. The van der Waals surface area contributed by atoms with Crippen molar-refractivity contribution in [1.29, 1.82) is 0 Å². The molecule has 0 aliphatic carbocycles. The van der Waals surface area contributed by atoms with Crippen molar-refractivity contribution in [1.82, 2.24) is 10.3 Å². The van der Waals surface area contributed by atoms with Gasteiger partial charge in [-0.3, -0.25) is 4.79 Å². The fourth-order valence-electron chi connectivity index (χ4n) is 3.62. The van der Waals surface area contributed by atoms with Crippen molar-refractivity contribution < 1.29 is 4.79 Å². The van der Waals surface area contributed by atoms with Crippen LogP contribution in [0.25, 0.3) is 10.9 Å². The maximum atomic E-state index is 12.6. The predicted octanol–water partition coefficient (Wildman–Crippen LogP) is 6.48. The summed E-state index contributed by atoms with van der Waals surface area (Å²) in [5.74, 6) is -0.0530. The lowest BCUT2D eigenvalue weighted by Gasteiger charge is -2.18. The monoisotopic (exact) mass is 416 g/mol. The number of carbonyl (C=O) groups is 1. The summed E-state index contributed by atoms with van der Waals surface area (Å²) in [5, 5.41) is 5.21. The van der Waals surface area contributed by atoms with Crippen molar-refractivity contribution in [3.05, 3.63) is 69.3 Å². The highest BCUT2D eigenvalue weighted by atomic mass is 35.5. The number of aromatic nitrogens is 1. The Bertz CT molecular complexity index is 964. The Morgan fingerprint density at radius 2 is 1.96 bits per heavy atom. The predicted molar refractivity (Wildman–Crippen MR) is 119 cm³/mol. The second-order valence-electron chi connectivity index (χ2n) is 7.07. The van der Waals surface area contributed by atoms with E-state index < -0.39 is 0 Å². The number of benzene rings is 2. The number of halogens is 2. The van der Waals surface area contributed by atoms with Crippen molar-refractivity contribution in [3.8, 4) is 0 Å². The summed E-state index contributed by atoms with van der Waals surface area (Å²) in [5.41, 5.74) is 4.50. The average molecular weight is 417 g/mol. The van der Waals surface area contributed by atoms with E-state index in [1.165, 1.54) is 5.56 Å². The van der Waals surface area contributed by atoms with Crippen LogP contribution >= 0.6 is 23.2 Å². The summed E-state index contributed by atoms with van der Waals surface area (Å²) < 4.78 is 0. The van der Waals surface area contributed by atoms with Gasteiger partial charge in [-0.1, -0.05) is 67.7 Å². The van der Waals surface area contributed by atoms with E-state index in [0.717, 1.165) is 41.3 Å². The van der Waals surface area contributed by atoms with Crippen molar-refractivity contribution in [2.75, 3.05) is 6.54 Å². The van der Waals surface area contributed by atoms with Crippen LogP contribution < -0.4 is 5.32 Å². The zero-order chi connectivity index (χ0) is 20.1. The Balaban J connectivity index is 2.01. The molecule has 0 saturated heterocycles. The number of hydrogen-bond donors (Lipinski definition) is 2. The summed E-state index contributed by atoms with van der Waals surface area (Å²) in [6.45, 7) is 4.96. The number of aryl methyl sites for hydroxylation is 1. The topological polar surface area (TPSA) is 44.9 Å². The Kier molecular flexibility index (Phi) is 7.03. The van der Waals surface area contributed by atoms with E-state index in [1.54, 1.807) is 6.07 Å². The van der Waals surface area contributed by atoms with Crippen molar-refractivity contribution in [3.63, 3.8) is 0 Å². The SMILES string of the molecule is CCCCNC(=O)C[C@@H](c1ccc(Cl)c(Cl)c1)c1c[nH]c2c(CC)cccc12. The Morgan fingerprint density at radius 3 is 2.68 bits per heavy atom. The molecule has 0 bridgehead atoms. The summed E-state index contributed by atoms with van der Waals surface area (Å²) in [6, 6.07) is 11.9. The number of amides is 1. The van der Waals surface area contributed by atoms with Crippen molar-refractivity contribution in [2.45, 2.75) is 45.4 Å². The molecule has 0 spiro atoms. The van der Waals surface area contributed by atoms with Gasteiger partial charge in [-0.15, -0.1) is 0 Å². The molecule has 1 heterocycles. The van der Waals surface area contributed by atoms with Crippen LogP contribution in [0.3, 0.4) is 0 Å². The fourth-order valence-corrected chi connectivity index (χ4v) is 3.93. The summed E-state index contributed by atoms with van der Waals surface area (Å²) in [4.78, 5) is 16.0. The molecule has 5 heteroatoms. The zero-order valence-corrected chi connectivity index (χ0v) is 17.8. The molecule has 1 aromatic heterocycles. The molecule has 1 amide bonds. The highest BCUT2D eigenvalue weighted by Crippen LogP contribution is 2.36. The molecule has 148 valence electrons. The number of aromatic amines is 1. The normalized spacial score (nSPS) is 12.3. The molecular formula is C23H26Cl2N2O. The molecule has 3 aromatic rings. The van der Waals surface area contributed by atoms with E-state index in [-0.39, 0.29) is 11.8 Å². The summed E-state index contributed by atoms with van der Waals surface area (Å²) in [7, 11) is 0. The highest BCUT2D eigenvalue weighted by molar-refractivity contribution is 6.42. The van der Waals surface area contributed by atoms with Gasteiger partial charge in [0.2, 0.25) is 5.91 Å². The molecule has 1 atom stereocenters. The van der Waals surface area contributed by atoms with E-state index in [9.17, 15) is 4.79 Å². The third-order valence-electron chi connectivity index (χ3n) is 5.18. The molecule has 0 aliphatic rings. The van der Waals surface area contributed by atoms with Crippen LogP contribution in [0.15, 0.2) is 42.6 Å². The number of nitrogens with one attached hydrogen (secondary N) is 2. The number of para-hydroxylation sites is 1. The smallest absolute Gasteiger partial charge is 0.220 e. The molecule has 2 aromatic carbocycles. The van der Waals surface area contributed by atoms with Crippen LogP contribution in [0.5, 0.6) is 0 Å². The highest BCUT2D eigenvalue weighted by Gasteiger charge is 2.22. The molecule has 28 heavy (non-hydrogen) atoms. The largest absolute Gasteiger partial charge is 0.361 e. The number of H-pyrrole nitrogens is 1. The number of fused-ring (bicyclic) bond motifs is 1. The maximum absolute atomic E-state index is 12.6. The van der Waals surface area contributed by atoms with Gasteiger partial charge >= 0.3 is 0 Å². The average Bonchev–Trinajstić information content (AvgIpc) is 3.12. The van der Waals surface area contributed by atoms with Gasteiger partial charge in [0, 0.05) is 36.0 Å². The van der Waals surface area contributed by atoms with Crippen LogP contribution in [0.1, 0.15) is 55.7 Å².